The smallest absolute Gasteiger partial charge is 0.325 e. The van der Waals surface area contributed by atoms with E-state index >= 15 is 0 Å². The summed E-state index contributed by atoms with van der Waals surface area (Å²) in [7, 11) is 4.62. The lowest BCUT2D eigenvalue weighted by Gasteiger charge is -2.32. The molecule has 0 radical (unpaired) electrons. The Morgan fingerprint density at radius 2 is 1.74 bits per heavy atom. The van der Waals surface area contributed by atoms with E-state index in [1.165, 1.54) is 18.8 Å². The third-order valence-corrected chi connectivity index (χ3v) is 7.37. The number of ether oxygens (including phenoxy) is 3. The van der Waals surface area contributed by atoms with E-state index in [2.05, 4.69) is 15.6 Å². The summed E-state index contributed by atoms with van der Waals surface area (Å²) in [6, 6.07) is 15.9. The fraction of sp³-hybridized carbons (Fsp3) is 0.290. The molecule has 0 aliphatic carbocycles. The Bertz CT molecular complexity index is 1590. The second kappa shape index (κ2) is 12.7. The third kappa shape index (κ3) is 6.21. The van der Waals surface area contributed by atoms with Gasteiger partial charge in [0, 0.05) is 62.7 Å². The number of hydrogen-bond donors (Lipinski definition) is 2. The number of carbonyl (C=O) groups is 3. The maximum Gasteiger partial charge on any atom is 0.325 e. The fourth-order valence-corrected chi connectivity index (χ4v) is 5.12. The van der Waals surface area contributed by atoms with Crippen molar-refractivity contribution in [1.82, 2.24) is 19.8 Å². The van der Waals surface area contributed by atoms with Gasteiger partial charge in [0.05, 0.1) is 12.6 Å². The molecule has 2 N–H and O–H groups in total. The fourth-order valence-electron chi connectivity index (χ4n) is 5.12. The van der Waals surface area contributed by atoms with E-state index in [-0.39, 0.29) is 24.5 Å². The molecule has 5 rings (SSSR count). The first kappa shape index (κ1) is 28.6. The maximum atomic E-state index is 13.0. The number of benzene rings is 2. The van der Waals surface area contributed by atoms with Crippen molar-refractivity contribution in [2.45, 2.75) is 18.8 Å². The van der Waals surface area contributed by atoms with E-state index in [1.54, 1.807) is 55.8 Å². The minimum absolute atomic E-state index is 0.0174. The van der Waals surface area contributed by atoms with E-state index in [4.69, 9.17) is 14.2 Å². The number of pyridine rings is 1. The van der Waals surface area contributed by atoms with E-state index in [1.807, 2.05) is 23.1 Å². The first-order valence-electron chi connectivity index (χ1n) is 13.6. The lowest BCUT2D eigenvalue weighted by atomic mass is 9.89. The van der Waals surface area contributed by atoms with Crippen LogP contribution >= 0.6 is 0 Å². The normalized spacial score (nSPS) is 13.5. The van der Waals surface area contributed by atoms with Crippen LogP contribution in [0, 0.1) is 0 Å². The molecule has 1 aliphatic rings. The summed E-state index contributed by atoms with van der Waals surface area (Å²) in [5.74, 6) is 1.75. The highest BCUT2D eigenvalue weighted by atomic mass is 16.5. The van der Waals surface area contributed by atoms with Gasteiger partial charge in [-0.15, -0.1) is 0 Å². The standard InChI is InChI=1S/C31H33N5O6/c1-32-31(39)36-15-11-23-16-27(26(41-3)18-25(23)36)42-24-8-12-33-28(17-24)34-30(38)22-6-4-20(5-7-22)21-9-13-35(14-10-21)29(37)19-40-2/h4-8,11-12,15-18,21H,9-10,13-14,19H2,1-3H3,(H,32,39)(H,33,34,38). The Balaban J connectivity index is 1.23. The molecule has 3 amide bonds. The van der Waals surface area contributed by atoms with Gasteiger partial charge >= 0.3 is 6.03 Å². The van der Waals surface area contributed by atoms with E-state index in [0.29, 0.717) is 53.2 Å². The second-order valence-corrected chi connectivity index (χ2v) is 9.95. The number of hydrogen-bond acceptors (Lipinski definition) is 7. The van der Waals surface area contributed by atoms with Gasteiger partial charge in [-0.2, -0.15) is 0 Å². The molecule has 0 unspecified atom stereocenters. The van der Waals surface area contributed by atoms with Crippen molar-refractivity contribution in [1.29, 1.82) is 0 Å². The number of nitrogens with one attached hydrogen (secondary N) is 2. The van der Waals surface area contributed by atoms with Gasteiger partial charge < -0.3 is 29.7 Å². The lowest BCUT2D eigenvalue weighted by Crippen LogP contribution is -2.39. The van der Waals surface area contributed by atoms with Gasteiger partial charge in [0.25, 0.3) is 5.91 Å². The number of fused-ring (bicyclic) bond motifs is 1. The molecule has 11 heteroatoms. The number of aromatic nitrogens is 2. The highest BCUT2D eigenvalue weighted by Gasteiger charge is 2.24. The Morgan fingerprint density at radius 3 is 2.43 bits per heavy atom. The molecule has 42 heavy (non-hydrogen) atoms. The summed E-state index contributed by atoms with van der Waals surface area (Å²) < 4.78 is 18.1. The molecule has 1 aliphatic heterocycles. The van der Waals surface area contributed by atoms with Crippen molar-refractivity contribution in [3.8, 4) is 17.2 Å². The van der Waals surface area contributed by atoms with Crippen LogP contribution < -0.4 is 20.1 Å². The van der Waals surface area contributed by atoms with Crippen LogP contribution in [0.25, 0.3) is 10.9 Å². The van der Waals surface area contributed by atoms with Crippen LogP contribution in [0.15, 0.2) is 67.0 Å². The Morgan fingerprint density at radius 1 is 0.976 bits per heavy atom. The largest absolute Gasteiger partial charge is 0.493 e. The molecule has 218 valence electrons. The van der Waals surface area contributed by atoms with Crippen LogP contribution in [0.2, 0.25) is 0 Å². The quantitative estimate of drug-likeness (QED) is 0.316. The van der Waals surface area contributed by atoms with Gasteiger partial charge in [0.15, 0.2) is 11.5 Å². The Hall–Kier alpha value is -4.90. The Labute approximate surface area is 243 Å². The predicted octanol–water partition coefficient (Wildman–Crippen LogP) is 4.63. The highest BCUT2D eigenvalue weighted by molar-refractivity contribution is 6.03. The van der Waals surface area contributed by atoms with E-state index in [0.717, 1.165) is 23.8 Å². The summed E-state index contributed by atoms with van der Waals surface area (Å²) >= 11 is 0. The molecule has 0 spiro atoms. The molecule has 4 aromatic rings. The topological polar surface area (TPSA) is 124 Å². The number of amides is 3. The van der Waals surface area contributed by atoms with Gasteiger partial charge in [0.2, 0.25) is 5.91 Å². The van der Waals surface area contributed by atoms with Gasteiger partial charge in [-0.25, -0.2) is 9.78 Å². The van der Waals surface area contributed by atoms with Crippen LogP contribution in [-0.2, 0) is 9.53 Å². The number of carbonyl (C=O) groups excluding carboxylic acids is 3. The average molecular weight is 572 g/mol. The molecule has 0 saturated carbocycles. The predicted molar refractivity (Wildman–Crippen MR) is 157 cm³/mol. The minimum Gasteiger partial charge on any atom is -0.493 e. The zero-order valence-electron chi connectivity index (χ0n) is 23.8. The second-order valence-electron chi connectivity index (χ2n) is 9.95. The van der Waals surface area contributed by atoms with Crippen LogP contribution in [0.1, 0.15) is 34.7 Å². The number of anilines is 1. The van der Waals surface area contributed by atoms with E-state index in [9.17, 15) is 14.4 Å². The molecular formula is C31H33N5O6. The van der Waals surface area contributed by atoms with Crippen LogP contribution in [0.4, 0.5) is 10.6 Å². The number of rotatable bonds is 8. The summed E-state index contributed by atoms with van der Waals surface area (Å²) in [4.78, 5) is 43.3. The number of nitrogens with zero attached hydrogens (tertiary/aromatic N) is 3. The Kier molecular flexibility index (Phi) is 8.68. The first-order valence-corrected chi connectivity index (χ1v) is 13.6. The average Bonchev–Trinajstić information content (AvgIpc) is 3.43. The van der Waals surface area contributed by atoms with Crippen LogP contribution in [0.3, 0.4) is 0 Å². The van der Waals surface area contributed by atoms with Gasteiger partial charge in [-0.3, -0.25) is 14.2 Å². The monoisotopic (exact) mass is 571 g/mol. The SMILES string of the molecule is CNC(=O)n1ccc2cc(Oc3ccnc(NC(=O)c4ccc(C5CCN(C(=O)COC)CC5)cc4)c3)c(OC)cc21. The molecule has 11 nitrogen and oxygen atoms in total. The van der Waals surface area contributed by atoms with Crippen molar-refractivity contribution in [3.05, 3.63) is 78.1 Å². The van der Waals surface area contributed by atoms with Crippen molar-refractivity contribution < 1.29 is 28.6 Å². The molecule has 0 atom stereocenters. The maximum absolute atomic E-state index is 13.0. The van der Waals surface area contributed by atoms with Gasteiger partial charge in [-0.05, 0) is 54.7 Å². The minimum atomic E-state index is -0.291. The summed E-state index contributed by atoms with van der Waals surface area (Å²) in [5, 5.41) is 6.23. The molecule has 1 saturated heterocycles. The summed E-state index contributed by atoms with van der Waals surface area (Å²) in [5.41, 5.74) is 2.33. The zero-order chi connectivity index (χ0) is 29.6. The van der Waals surface area contributed by atoms with Crippen molar-refractivity contribution in [2.24, 2.45) is 0 Å². The van der Waals surface area contributed by atoms with Crippen LogP contribution in [0.5, 0.6) is 17.2 Å². The highest BCUT2D eigenvalue weighted by Crippen LogP contribution is 2.36. The molecular weight excluding hydrogens is 538 g/mol. The molecule has 2 aromatic heterocycles. The van der Waals surface area contributed by atoms with Crippen molar-refractivity contribution >= 4 is 34.6 Å². The number of methoxy groups -OCH3 is 2. The van der Waals surface area contributed by atoms with Gasteiger partial charge in [-0.1, -0.05) is 12.1 Å². The van der Waals surface area contributed by atoms with E-state index < -0.39 is 0 Å². The van der Waals surface area contributed by atoms with Crippen molar-refractivity contribution in [2.75, 3.05) is 46.3 Å². The first-order chi connectivity index (χ1) is 20.4. The number of piperidine rings is 1. The summed E-state index contributed by atoms with van der Waals surface area (Å²) in [6.45, 7) is 1.50. The molecule has 3 heterocycles. The lowest BCUT2D eigenvalue weighted by molar-refractivity contribution is -0.136. The van der Waals surface area contributed by atoms with Gasteiger partial charge in [0.1, 0.15) is 18.2 Å². The molecule has 1 fully saturated rings. The van der Waals surface area contributed by atoms with Crippen LogP contribution in [-0.4, -0.2) is 73.3 Å². The molecule has 0 bridgehead atoms. The van der Waals surface area contributed by atoms with Crippen molar-refractivity contribution in [3.63, 3.8) is 0 Å². The third-order valence-electron chi connectivity index (χ3n) is 7.37. The zero-order valence-corrected chi connectivity index (χ0v) is 23.8. The summed E-state index contributed by atoms with van der Waals surface area (Å²) in [6.07, 6.45) is 4.96. The molecule has 2 aromatic carbocycles. The number of likely N-dealkylation sites (tertiary alicyclic amines) is 1.